The number of rotatable bonds is 6. The Morgan fingerprint density at radius 2 is 2.00 bits per heavy atom. The van der Waals surface area contributed by atoms with Gasteiger partial charge in [0.05, 0.1) is 17.1 Å². The van der Waals surface area contributed by atoms with Crippen molar-refractivity contribution in [2.45, 2.75) is 18.4 Å². The van der Waals surface area contributed by atoms with Crippen LogP contribution in [0.5, 0.6) is 0 Å². The van der Waals surface area contributed by atoms with Gasteiger partial charge in [0.1, 0.15) is 5.82 Å². The third kappa shape index (κ3) is 3.90. The topological polar surface area (TPSA) is 92.7 Å². The number of anilines is 1. The molecule has 0 radical (unpaired) electrons. The van der Waals surface area contributed by atoms with Crippen LogP contribution in [0.2, 0.25) is 0 Å². The van der Waals surface area contributed by atoms with Crippen molar-refractivity contribution in [3.05, 3.63) is 58.9 Å². The zero-order valence-corrected chi connectivity index (χ0v) is 13.9. The van der Waals surface area contributed by atoms with Crippen LogP contribution in [0.1, 0.15) is 21.5 Å². The summed E-state index contributed by atoms with van der Waals surface area (Å²) >= 11 is 0. The number of hydrogen-bond donors (Lipinski definition) is 2. The molecule has 0 spiro atoms. The highest BCUT2D eigenvalue weighted by Gasteiger charge is 2.22. The third-order valence-corrected chi connectivity index (χ3v) is 4.83. The highest BCUT2D eigenvalue weighted by molar-refractivity contribution is 7.92. The Balaban J connectivity index is 2.44. The van der Waals surface area contributed by atoms with E-state index in [1.54, 1.807) is 18.2 Å². The number of halogens is 1. The molecule has 0 aliphatic carbocycles. The molecule has 128 valence electrons. The van der Waals surface area contributed by atoms with Crippen molar-refractivity contribution in [3.8, 4) is 0 Å². The second-order valence-corrected chi connectivity index (χ2v) is 6.78. The van der Waals surface area contributed by atoms with Crippen LogP contribution in [0, 0.1) is 12.7 Å². The molecule has 2 N–H and O–H groups in total. The summed E-state index contributed by atoms with van der Waals surface area (Å²) in [5.41, 5.74) is 0.428. The number of methoxy groups -OCH3 is 1. The van der Waals surface area contributed by atoms with Gasteiger partial charge < -0.3 is 9.84 Å². The van der Waals surface area contributed by atoms with E-state index >= 15 is 0 Å². The SMILES string of the molecule is COCc1cccc(NS(=O)(=O)c2cc(C(=O)O)cc(F)c2C)c1. The smallest absolute Gasteiger partial charge is 0.335 e. The predicted molar refractivity (Wildman–Crippen MR) is 86.1 cm³/mol. The Morgan fingerprint density at radius 3 is 2.62 bits per heavy atom. The Hall–Kier alpha value is -2.45. The van der Waals surface area contributed by atoms with Crippen LogP contribution >= 0.6 is 0 Å². The molecule has 0 heterocycles. The second-order valence-electron chi connectivity index (χ2n) is 5.13. The van der Waals surface area contributed by atoms with Gasteiger partial charge in [-0.05, 0) is 36.8 Å². The maximum Gasteiger partial charge on any atom is 0.335 e. The first-order valence-corrected chi connectivity index (χ1v) is 8.37. The molecule has 0 unspecified atom stereocenters. The van der Waals surface area contributed by atoms with Gasteiger partial charge in [0.15, 0.2) is 0 Å². The predicted octanol–water partition coefficient (Wildman–Crippen LogP) is 2.78. The highest BCUT2D eigenvalue weighted by atomic mass is 32.2. The molecular formula is C16H16FNO5S. The number of ether oxygens (including phenoxy) is 1. The van der Waals surface area contributed by atoms with Gasteiger partial charge in [0.2, 0.25) is 0 Å². The van der Waals surface area contributed by atoms with E-state index in [-0.39, 0.29) is 11.3 Å². The molecule has 0 bridgehead atoms. The van der Waals surface area contributed by atoms with E-state index in [2.05, 4.69) is 4.72 Å². The Bertz CT molecular complexity index is 880. The number of nitrogens with one attached hydrogen (secondary N) is 1. The second kappa shape index (κ2) is 6.98. The third-order valence-electron chi connectivity index (χ3n) is 3.32. The molecule has 0 aliphatic heterocycles. The van der Waals surface area contributed by atoms with Crippen molar-refractivity contribution >= 4 is 21.7 Å². The van der Waals surface area contributed by atoms with Crippen molar-refractivity contribution in [2.75, 3.05) is 11.8 Å². The normalized spacial score (nSPS) is 11.3. The standard InChI is InChI=1S/C16H16FNO5S/c1-10-14(17)7-12(16(19)20)8-15(10)24(21,22)18-13-5-3-4-11(6-13)9-23-2/h3-8,18H,9H2,1-2H3,(H,19,20). The molecule has 0 amide bonds. The van der Waals surface area contributed by atoms with E-state index in [0.29, 0.717) is 6.61 Å². The van der Waals surface area contributed by atoms with Gasteiger partial charge in [-0.2, -0.15) is 0 Å². The summed E-state index contributed by atoms with van der Waals surface area (Å²) in [6, 6.07) is 8.24. The van der Waals surface area contributed by atoms with E-state index < -0.39 is 32.3 Å². The van der Waals surface area contributed by atoms with Crippen LogP contribution in [0.4, 0.5) is 10.1 Å². The van der Waals surface area contributed by atoms with Gasteiger partial charge in [-0.1, -0.05) is 12.1 Å². The molecule has 2 aromatic carbocycles. The molecule has 24 heavy (non-hydrogen) atoms. The fourth-order valence-corrected chi connectivity index (χ4v) is 3.49. The summed E-state index contributed by atoms with van der Waals surface area (Å²) in [5.74, 6) is -2.31. The van der Waals surface area contributed by atoms with Crippen molar-refractivity contribution in [2.24, 2.45) is 0 Å². The molecule has 0 atom stereocenters. The summed E-state index contributed by atoms with van der Waals surface area (Å²) in [5, 5.41) is 8.98. The minimum Gasteiger partial charge on any atom is -0.478 e. The quantitative estimate of drug-likeness (QED) is 0.833. The first-order chi connectivity index (χ1) is 11.2. The maximum absolute atomic E-state index is 13.9. The van der Waals surface area contributed by atoms with E-state index in [1.165, 1.54) is 20.1 Å². The molecular weight excluding hydrogens is 337 g/mol. The average molecular weight is 353 g/mol. The number of carbonyl (C=O) groups is 1. The number of sulfonamides is 1. The van der Waals surface area contributed by atoms with Gasteiger partial charge in [-0.25, -0.2) is 17.6 Å². The largest absolute Gasteiger partial charge is 0.478 e. The van der Waals surface area contributed by atoms with Crippen molar-refractivity contribution in [1.29, 1.82) is 0 Å². The van der Waals surface area contributed by atoms with Crippen molar-refractivity contribution in [3.63, 3.8) is 0 Å². The monoisotopic (exact) mass is 353 g/mol. The fourth-order valence-electron chi connectivity index (χ4n) is 2.16. The molecule has 0 aliphatic rings. The molecule has 6 nitrogen and oxygen atoms in total. The van der Waals surface area contributed by atoms with E-state index in [0.717, 1.165) is 17.7 Å². The maximum atomic E-state index is 13.9. The minimum atomic E-state index is -4.15. The molecule has 0 saturated heterocycles. The number of carboxylic acid groups (broad SMARTS) is 1. The highest BCUT2D eigenvalue weighted by Crippen LogP contribution is 2.24. The lowest BCUT2D eigenvalue weighted by atomic mass is 10.1. The van der Waals surface area contributed by atoms with Crippen LogP contribution < -0.4 is 4.72 Å². The average Bonchev–Trinajstić information content (AvgIpc) is 2.49. The van der Waals surface area contributed by atoms with Crippen LogP contribution in [0.3, 0.4) is 0 Å². The Morgan fingerprint density at radius 1 is 1.29 bits per heavy atom. The summed E-state index contributed by atoms with van der Waals surface area (Å²) in [4.78, 5) is 10.6. The molecule has 2 aromatic rings. The minimum absolute atomic E-state index is 0.152. The Kier molecular flexibility index (Phi) is 5.20. The molecule has 8 heteroatoms. The zero-order valence-electron chi connectivity index (χ0n) is 13.0. The van der Waals surface area contributed by atoms with Crippen LogP contribution in [-0.4, -0.2) is 26.6 Å². The van der Waals surface area contributed by atoms with E-state index in [9.17, 15) is 17.6 Å². The number of carboxylic acids is 1. The number of hydrogen-bond acceptors (Lipinski definition) is 4. The number of aromatic carboxylic acids is 1. The van der Waals surface area contributed by atoms with Gasteiger partial charge in [-0.15, -0.1) is 0 Å². The number of benzene rings is 2. The van der Waals surface area contributed by atoms with Crippen LogP contribution in [-0.2, 0) is 21.4 Å². The zero-order chi connectivity index (χ0) is 17.9. The first-order valence-electron chi connectivity index (χ1n) is 6.88. The van der Waals surface area contributed by atoms with Gasteiger partial charge in [0.25, 0.3) is 10.0 Å². The first kappa shape index (κ1) is 17.9. The fraction of sp³-hybridized carbons (Fsp3) is 0.188. The molecule has 0 fully saturated rings. The molecule has 0 saturated carbocycles. The van der Waals surface area contributed by atoms with E-state index in [4.69, 9.17) is 9.84 Å². The van der Waals surface area contributed by atoms with Crippen molar-refractivity contribution < 1.29 is 27.4 Å². The Labute approximate surface area is 138 Å². The van der Waals surface area contributed by atoms with Gasteiger partial charge >= 0.3 is 5.97 Å². The lowest BCUT2D eigenvalue weighted by Gasteiger charge is -2.12. The summed E-state index contributed by atoms with van der Waals surface area (Å²) in [7, 11) is -2.63. The summed E-state index contributed by atoms with van der Waals surface area (Å²) in [6.07, 6.45) is 0. The van der Waals surface area contributed by atoms with Gasteiger partial charge in [-0.3, -0.25) is 4.72 Å². The van der Waals surface area contributed by atoms with Crippen LogP contribution in [0.15, 0.2) is 41.3 Å². The summed E-state index contributed by atoms with van der Waals surface area (Å²) < 4.78 is 46.2. The molecule has 0 aromatic heterocycles. The van der Waals surface area contributed by atoms with Gasteiger partial charge in [0, 0.05) is 18.4 Å². The van der Waals surface area contributed by atoms with E-state index in [1.807, 2.05) is 0 Å². The molecule has 2 rings (SSSR count). The van der Waals surface area contributed by atoms with Crippen molar-refractivity contribution in [1.82, 2.24) is 0 Å². The summed E-state index contributed by atoms with van der Waals surface area (Å²) in [6.45, 7) is 1.58. The van der Waals surface area contributed by atoms with Crippen LogP contribution in [0.25, 0.3) is 0 Å². The lowest BCUT2D eigenvalue weighted by molar-refractivity contribution is 0.0696. The lowest BCUT2D eigenvalue weighted by Crippen LogP contribution is -2.16.